The van der Waals surface area contributed by atoms with Gasteiger partial charge in [0.15, 0.2) is 0 Å². The lowest BCUT2D eigenvalue weighted by Gasteiger charge is -2.22. The zero-order valence-electron chi connectivity index (χ0n) is 15.3. The molecule has 0 aliphatic carbocycles. The van der Waals surface area contributed by atoms with Gasteiger partial charge in [-0.3, -0.25) is 9.10 Å². The van der Waals surface area contributed by atoms with Gasteiger partial charge in [-0.25, -0.2) is 13.2 Å². The van der Waals surface area contributed by atoms with Gasteiger partial charge >= 0.3 is 5.97 Å². The molecule has 0 radical (unpaired) electrons. The smallest absolute Gasteiger partial charge is 0.337 e. The van der Waals surface area contributed by atoms with Gasteiger partial charge in [0.2, 0.25) is 15.9 Å². The van der Waals surface area contributed by atoms with E-state index in [1.54, 1.807) is 18.2 Å². The summed E-state index contributed by atoms with van der Waals surface area (Å²) in [6, 6.07) is 12.9. The molecule has 2 rings (SSSR count). The molecule has 7 nitrogen and oxygen atoms in total. The number of carboxylic acid groups (broad SMARTS) is 1. The van der Waals surface area contributed by atoms with E-state index in [1.165, 1.54) is 18.2 Å². The van der Waals surface area contributed by atoms with E-state index >= 15 is 0 Å². The second-order valence-electron chi connectivity index (χ2n) is 6.41. The molecule has 144 valence electrons. The molecule has 0 heterocycles. The van der Waals surface area contributed by atoms with Gasteiger partial charge in [-0.15, -0.1) is 0 Å². The van der Waals surface area contributed by atoms with E-state index in [2.05, 4.69) is 5.32 Å². The molecule has 0 spiro atoms. The third kappa shape index (κ3) is 5.30. The van der Waals surface area contributed by atoms with Gasteiger partial charge in [0.25, 0.3) is 0 Å². The van der Waals surface area contributed by atoms with E-state index in [1.807, 2.05) is 26.0 Å². The number of carbonyl (C=O) groups excluding carboxylic acids is 1. The van der Waals surface area contributed by atoms with Crippen LogP contribution in [-0.4, -0.2) is 38.2 Å². The third-order valence-corrected chi connectivity index (χ3v) is 5.11. The van der Waals surface area contributed by atoms with Crippen LogP contribution in [0, 0.1) is 0 Å². The van der Waals surface area contributed by atoms with Crippen LogP contribution < -0.4 is 9.62 Å². The Balaban J connectivity index is 2.24. The molecular weight excluding hydrogens is 368 g/mol. The highest BCUT2D eigenvalue weighted by molar-refractivity contribution is 7.92. The number of rotatable bonds is 7. The standard InChI is InChI=1S/C19H22N2O5S/c1-13(2)14-8-10-15(11-9-14)21(27(3,25)26)12-18(22)20-17-7-5-4-6-16(17)19(23)24/h4-11,13H,12H2,1-3H3,(H,20,22)(H,23,24). The molecule has 0 aliphatic heterocycles. The van der Waals surface area contributed by atoms with E-state index < -0.39 is 28.4 Å². The SMILES string of the molecule is CC(C)c1ccc(N(CC(=O)Nc2ccccc2C(=O)O)S(C)(=O)=O)cc1. The van der Waals surface area contributed by atoms with Crippen molar-refractivity contribution in [2.24, 2.45) is 0 Å². The highest BCUT2D eigenvalue weighted by atomic mass is 32.2. The van der Waals surface area contributed by atoms with Crippen LogP contribution in [0.1, 0.15) is 35.7 Å². The van der Waals surface area contributed by atoms with Gasteiger partial charge in [0.1, 0.15) is 6.54 Å². The first-order valence-corrected chi connectivity index (χ1v) is 10.1. The Morgan fingerprint density at radius 1 is 1.07 bits per heavy atom. The minimum Gasteiger partial charge on any atom is -0.478 e. The van der Waals surface area contributed by atoms with Crippen LogP contribution in [0.25, 0.3) is 0 Å². The third-order valence-electron chi connectivity index (χ3n) is 3.97. The quantitative estimate of drug-likeness (QED) is 0.756. The highest BCUT2D eigenvalue weighted by Crippen LogP contribution is 2.22. The van der Waals surface area contributed by atoms with Crippen molar-refractivity contribution in [2.75, 3.05) is 22.4 Å². The van der Waals surface area contributed by atoms with Crippen LogP contribution in [0.4, 0.5) is 11.4 Å². The first-order chi connectivity index (χ1) is 12.6. The number of carboxylic acids is 1. The maximum Gasteiger partial charge on any atom is 0.337 e. The first kappa shape index (κ1) is 20.4. The Kier molecular flexibility index (Phi) is 6.22. The second kappa shape index (κ2) is 8.22. The normalized spacial score (nSPS) is 11.3. The molecule has 27 heavy (non-hydrogen) atoms. The van der Waals surface area contributed by atoms with Crippen molar-refractivity contribution in [3.05, 3.63) is 59.7 Å². The summed E-state index contributed by atoms with van der Waals surface area (Å²) in [7, 11) is -3.71. The van der Waals surface area contributed by atoms with E-state index in [0.717, 1.165) is 16.1 Å². The van der Waals surface area contributed by atoms with E-state index in [4.69, 9.17) is 0 Å². The fraction of sp³-hybridized carbons (Fsp3) is 0.263. The Morgan fingerprint density at radius 2 is 1.67 bits per heavy atom. The molecule has 0 atom stereocenters. The molecule has 0 saturated carbocycles. The summed E-state index contributed by atoms with van der Waals surface area (Å²) in [5.74, 6) is -1.53. The summed E-state index contributed by atoms with van der Waals surface area (Å²) in [4.78, 5) is 23.6. The first-order valence-electron chi connectivity index (χ1n) is 8.29. The lowest BCUT2D eigenvalue weighted by molar-refractivity contribution is -0.114. The number of hydrogen-bond donors (Lipinski definition) is 2. The number of sulfonamides is 1. The maximum absolute atomic E-state index is 12.4. The Labute approximate surface area is 158 Å². The van der Waals surface area contributed by atoms with Crippen molar-refractivity contribution in [1.29, 1.82) is 0 Å². The average molecular weight is 390 g/mol. The number of benzene rings is 2. The summed E-state index contributed by atoms with van der Waals surface area (Å²) in [6.07, 6.45) is 1.02. The predicted octanol–water partition coefficient (Wildman–Crippen LogP) is 2.91. The van der Waals surface area contributed by atoms with Crippen molar-refractivity contribution in [1.82, 2.24) is 0 Å². The zero-order valence-corrected chi connectivity index (χ0v) is 16.2. The zero-order chi connectivity index (χ0) is 20.2. The minimum absolute atomic E-state index is 0.0713. The summed E-state index contributed by atoms with van der Waals surface area (Å²) in [6.45, 7) is 3.58. The summed E-state index contributed by atoms with van der Waals surface area (Å²) < 4.78 is 25.3. The monoisotopic (exact) mass is 390 g/mol. The molecule has 2 N–H and O–H groups in total. The summed E-state index contributed by atoms with van der Waals surface area (Å²) >= 11 is 0. The lowest BCUT2D eigenvalue weighted by atomic mass is 10.0. The molecule has 0 unspecified atom stereocenters. The lowest BCUT2D eigenvalue weighted by Crippen LogP contribution is -2.37. The molecule has 0 fully saturated rings. The number of carbonyl (C=O) groups is 2. The van der Waals surface area contributed by atoms with Crippen molar-refractivity contribution >= 4 is 33.3 Å². The number of aromatic carboxylic acids is 1. The number of anilines is 2. The number of hydrogen-bond acceptors (Lipinski definition) is 4. The van der Waals surface area contributed by atoms with Crippen LogP contribution in [-0.2, 0) is 14.8 Å². The van der Waals surface area contributed by atoms with Gasteiger partial charge in [0, 0.05) is 0 Å². The summed E-state index contributed by atoms with van der Waals surface area (Å²) in [5, 5.41) is 11.6. The molecular formula is C19H22N2O5S. The molecule has 8 heteroatoms. The second-order valence-corrected chi connectivity index (χ2v) is 8.32. The number of nitrogens with one attached hydrogen (secondary N) is 1. The van der Waals surface area contributed by atoms with Gasteiger partial charge in [-0.05, 0) is 35.7 Å². The van der Waals surface area contributed by atoms with E-state index in [0.29, 0.717) is 11.6 Å². The predicted molar refractivity (Wildman–Crippen MR) is 105 cm³/mol. The maximum atomic E-state index is 12.4. The molecule has 0 saturated heterocycles. The van der Waals surface area contributed by atoms with Crippen molar-refractivity contribution in [3.8, 4) is 0 Å². The fourth-order valence-corrected chi connectivity index (χ4v) is 3.38. The topological polar surface area (TPSA) is 104 Å². The van der Waals surface area contributed by atoms with E-state index in [9.17, 15) is 23.1 Å². The number of para-hydroxylation sites is 1. The van der Waals surface area contributed by atoms with Gasteiger partial charge < -0.3 is 10.4 Å². The van der Waals surface area contributed by atoms with Crippen molar-refractivity contribution in [2.45, 2.75) is 19.8 Å². The van der Waals surface area contributed by atoms with Gasteiger partial charge in [-0.2, -0.15) is 0 Å². The minimum atomic E-state index is -3.71. The molecule has 2 aromatic rings. The van der Waals surface area contributed by atoms with Gasteiger partial charge in [-0.1, -0.05) is 38.1 Å². The molecule has 1 amide bonds. The Hall–Kier alpha value is -2.87. The molecule has 0 bridgehead atoms. The van der Waals surface area contributed by atoms with Crippen molar-refractivity contribution < 1.29 is 23.1 Å². The molecule has 0 aliphatic rings. The summed E-state index contributed by atoms with van der Waals surface area (Å²) in [5.41, 5.74) is 1.45. The average Bonchev–Trinajstić information content (AvgIpc) is 2.59. The number of amides is 1. The van der Waals surface area contributed by atoms with Crippen LogP contribution in [0.2, 0.25) is 0 Å². The van der Waals surface area contributed by atoms with Crippen LogP contribution in [0.5, 0.6) is 0 Å². The fourth-order valence-electron chi connectivity index (χ4n) is 2.52. The molecule has 0 aromatic heterocycles. The Morgan fingerprint density at radius 3 is 2.19 bits per heavy atom. The van der Waals surface area contributed by atoms with E-state index in [-0.39, 0.29) is 11.3 Å². The van der Waals surface area contributed by atoms with Crippen LogP contribution in [0.3, 0.4) is 0 Å². The molecule has 2 aromatic carbocycles. The van der Waals surface area contributed by atoms with Gasteiger partial charge in [0.05, 0.1) is 23.2 Å². The van der Waals surface area contributed by atoms with Crippen LogP contribution >= 0.6 is 0 Å². The largest absolute Gasteiger partial charge is 0.478 e. The highest BCUT2D eigenvalue weighted by Gasteiger charge is 2.22. The Bertz CT molecular complexity index is 937. The van der Waals surface area contributed by atoms with Crippen LogP contribution in [0.15, 0.2) is 48.5 Å². The number of nitrogens with zero attached hydrogens (tertiary/aromatic N) is 1. The van der Waals surface area contributed by atoms with Crippen molar-refractivity contribution in [3.63, 3.8) is 0 Å².